The minimum absolute atomic E-state index is 0.0386. The van der Waals surface area contributed by atoms with Crippen LogP contribution in [0.25, 0.3) is 11.0 Å². The Morgan fingerprint density at radius 1 is 1.27 bits per heavy atom. The second-order valence-electron chi connectivity index (χ2n) is 6.40. The Morgan fingerprint density at radius 2 is 2.08 bits per heavy atom. The van der Waals surface area contributed by atoms with Gasteiger partial charge < -0.3 is 4.98 Å². The molecule has 4 rings (SSSR count). The smallest absolute Gasteiger partial charge is 0.331 e. The number of hydrogen-bond acceptors (Lipinski definition) is 3. The van der Waals surface area contributed by atoms with Crippen LogP contribution in [0.4, 0.5) is 13.2 Å². The van der Waals surface area contributed by atoms with Crippen molar-refractivity contribution < 1.29 is 17.4 Å². The molecule has 1 aliphatic carbocycles. The Kier molecular flexibility index (Phi) is 4.10. The Hall–Kier alpha value is -2.22. The van der Waals surface area contributed by atoms with Crippen molar-refractivity contribution in [3.8, 4) is 0 Å². The van der Waals surface area contributed by atoms with Crippen molar-refractivity contribution in [1.29, 1.82) is 0 Å². The van der Waals surface area contributed by atoms with E-state index in [9.17, 15) is 17.4 Å². The van der Waals surface area contributed by atoms with E-state index in [1.807, 2.05) is 12.1 Å². The maximum Gasteiger partial charge on any atom is 0.416 e. The van der Waals surface area contributed by atoms with Gasteiger partial charge in [-0.15, -0.1) is 0 Å². The van der Waals surface area contributed by atoms with Crippen molar-refractivity contribution in [2.45, 2.75) is 42.8 Å². The number of halogens is 3. The van der Waals surface area contributed by atoms with E-state index in [0.717, 1.165) is 30.2 Å². The fourth-order valence-electron chi connectivity index (χ4n) is 3.50. The van der Waals surface area contributed by atoms with Crippen LogP contribution in [0, 0.1) is 6.92 Å². The first-order valence-corrected chi connectivity index (χ1v) is 9.48. The van der Waals surface area contributed by atoms with Gasteiger partial charge in [0.1, 0.15) is 0 Å². The van der Waals surface area contributed by atoms with Gasteiger partial charge in [0.25, 0.3) is 0 Å². The maximum atomic E-state index is 13.1. The second kappa shape index (κ2) is 6.19. The molecule has 2 unspecified atom stereocenters. The van der Waals surface area contributed by atoms with Gasteiger partial charge in [-0.2, -0.15) is 13.2 Å². The summed E-state index contributed by atoms with van der Waals surface area (Å²) in [5.74, 6) is 0. The predicted octanol–water partition coefficient (Wildman–Crippen LogP) is 4.47. The van der Waals surface area contributed by atoms with Crippen molar-refractivity contribution in [3.63, 3.8) is 0 Å². The summed E-state index contributed by atoms with van der Waals surface area (Å²) in [6.07, 6.45) is -0.270. The fraction of sp³-hybridized carbons (Fsp3) is 0.333. The van der Waals surface area contributed by atoms with E-state index < -0.39 is 22.5 Å². The number of H-pyrrole nitrogens is 1. The molecular weight excluding hydrogens is 363 g/mol. The quantitative estimate of drug-likeness (QED) is 0.715. The van der Waals surface area contributed by atoms with Crippen molar-refractivity contribution in [1.82, 2.24) is 15.0 Å². The zero-order valence-corrected chi connectivity index (χ0v) is 14.7. The number of aromatic amines is 1. The van der Waals surface area contributed by atoms with Crippen LogP contribution >= 0.6 is 0 Å². The third kappa shape index (κ3) is 2.82. The molecule has 2 atom stereocenters. The number of rotatable bonds is 2. The molecule has 1 aromatic carbocycles. The van der Waals surface area contributed by atoms with Gasteiger partial charge in [0.05, 0.1) is 38.3 Å². The monoisotopic (exact) mass is 379 g/mol. The standard InChI is InChI=1S/C18H16F3N3OS/c1-10-12(18(19,20)21)7-8-13-15(10)24-17(23-13)26(25)14-6-2-4-11-5-3-9-22-16(11)14/h3,5,7-9,14H,2,4,6H2,1H3,(H,23,24). The van der Waals surface area contributed by atoms with E-state index in [4.69, 9.17) is 0 Å². The van der Waals surface area contributed by atoms with Gasteiger partial charge in [-0.3, -0.25) is 9.19 Å². The second-order valence-corrected chi connectivity index (χ2v) is 7.95. The minimum atomic E-state index is -4.44. The van der Waals surface area contributed by atoms with Gasteiger partial charge in [-0.05, 0) is 55.5 Å². The zero-order chi connectivity index (χ0) is 18.5. The third-order valence-corrected chi connectivity index (χ3v) is 6.33. The van der Waals surface area contributed by atoms with Crippen LogP contribution in [0.2, 0.25) is 0 Å². The summed E-state index contributed by atoms with van der Waals surface area (Å²) in [6, 6.07) is 6.20. The molecule has 1 N–H and O–H groups in total. The summed E-state index contributed by atoms with van der Waals surface area (Å²) in [7, 11) is -1.51. The number of pyridine rings is 1. The highest BCUT2D eigenvalue weighted by Gasteiger charge is 2.34. The Labute approximate surface area is 150 Å². The number of nitrogens with one attached hydrogen (secondary N) is 1. The molecule has 26 heavy (non-hydrogen) atoms. The third-order valence-electron chi connectivity index (χ3n) is 4.78. The first kappa shape index (κ1) is 17.2. The molecule has 0 saturated carbocycles. The Bertz CT molecular complexity index is 1010. The number of aryl methyl sites for hydroxylation is 2. The molecule has 0 spiro atoms. The van der Waals surface area contributed by atoms with E-state index in [2.05, 4.69) is 15.0 Å². The predicted molar refractivity (Wildman–Crippen MR) is 92.2 cm³/mol. The van der Waals surface area contributed by atoms with Crippen molar-refractivity contribution in [3.05, 3.63) is 52.8 Å². The topological polar surface area (TPSA) is 58.6 Å². The summed E-state index contributed by atoms with van der Waals surface area (Å²) < 4.78 is 52.4. The molecule has 0 bridgehead atoms. The highest BCUT2D eigenvalue weighted by molar-refractivity contribution is 7.85. The van der Waals surface area contributed by atoms with Gasteiger partial charge in [0, 0.05) is 6.20 Å². The lowest BCUT2D eigenvalue weighted by molar-refractivity contribution is -0.137. The average Bonchev–Trinajstić information content (AvgIpc) is 3.05. The molecule has 4 nitrogen and oxygen atoms in total. The number of alkyl halides is 3. The lowest BCUT2D eigenvalue weighted by Crippen LogP contribution is -2.17. The lowest BCUT2D eigenvalue weighted by atomic mass is 9.96. The Morgan fingerprint density at radius 3 is 2.85 bits per heavy atom. The van der Waals surface area contributed by atoms with Crippen LogP contribution in [0.1, 0.15) is 40.5 Å². The molecule has 2 aromatic heterocycles. The number of benzene rings is 1. The summed E-state index contributed by atoms with van der Waals surface area (Å²) >= 11 is 0. The first-order valence-electron chi connectivity index (χ1n) is 8.27. The van der Waals surface area contributed by atoms with Crippen molar-refractivity contribution in [2.24, 2.45) is 0 Å². The maximum absolute atomic E-state index is 13.1. The van der Waals surface area contributed by atoms with Gasteiger partial charge in [0.15, 0.2) is 5.16 Å². The summed E-state index contributed by atoms with van der Waals surface area (Å²) in [4.78, 5) is 11.6. The van der Waals surface area contributed by atoms with Crippen LogP contribution in [-0.2, 0) is 23.4 Å². The van der Waals surface area contributed by atoms with E-state index in [1.165, 1.54) is 13.0 Å². The molecule has 0 radical (unpaired) electrons. The first-order chi connectivity index (χ1) is 12.4. The van der Waals surface area contributed by atoms with Crippen molar-refractivity contribution >= 4 is 21.8 Å². The molecule has 8 heteroatoms. The van der Waals surface area contributed by atoms with Gasteiger partial charge in [-0.25, -0.2) is 4.98 Å². The van der Waals surface area contributed by atoms with Gasteiger partial charge in [-0.1, -0.05) is 6.07 Å². The van der Waals surface area contributed by atoms with Crippen LogP contribution in [0.5, 0.6) is 0 Å². The molecule has 3 aromatic rings. The number of imidazole rings is 1. The largest absolute Gasteiger partial charge is 0.416 e. The van der Waals surface area contributed by atoms with E-state index in [0.29, 0.717) is 11.9 Å². The number of aromatic nitrogens is 3. The fourth-order valence-corrected chi connectivity index (χ4v) is 4.96. The highest BCUT2D eigenvalue weighted by Crippen LogP contribution is 2.37. The van der Waals surface area contributed by atoms with E-state index in [-0.39, 0.29) is 21.5 Å². The number of fused-ring (bicyclic) bond motifs is 2. The summed E-state index contributed by atoms with van der Waals surface area (Å²) in [5, 5.41) is -0.103. The van der Waals surface area contributed by atoms with E-state index >= 15 is 0 Å². The SMILES string of the molecule is Cc1c(C(F)(F)F)ccc2[nH]c(S(=O)C3CCCc4cccnc43)nc12. The molecular formula is C18H16F3N3OS. The Balaban J connectivity index is 1.76. The summed E-state index contributed by atoms with van der Waals surface area (Å²) in [6.45, 7) is 1.39. The van der Waals surface area contributed by atoms with Crippen molar-refractivity contribution in [2.75, 3.05) is 0 Å². The molecule has 0 fully saturated rings. The van der Waals surface area contributed by atoms with Crippen LogP contribution in [0.15, 0.2) is 35.6 Å². The highest BCUT2D eigenvalue weighted by atomic mass is 32.2. The molecule has 2 heterocycles. The van der Waals surface area contributed by atoms with Crippen LogP contribution < -0.4 is 0 Å². The normalized spacial score (nSPS) is 18.7. The van der Waals surface area contributed by atoms with Gasteiger partial charge in [0.2, 0.25) is 0 Å². The molecule has 0 saturated heterocycles. The minimum Gasteiger partial charge on any atom is -0.331 e. The molecule has 0 aliphatic heterocycles. The molecule has 1 aliphatic rings. The lowest BCUT2D eigenvalue weighted by Gasteiger charge is -2.22. The van der Waals surface area contributed by atoms with Crippen LogP contribution in [-0.4, -0.2) is 19.2 Å². The van der Waals surface area contributed by atoms with Crippen LogP contribution in [0.3, 0.4) is 0 Å². The van der Waals surface area contributed by atoms with E-state index in [1.54, 1.807) is 6.20 Å². The zero-order valence-electron chi connectivity index (χ0n) is 13.9. The number of hydrogen-bond donors (Lipinski definition) is 1. The molecule has 0 amide bonds. The van der Waals surface area contributed by atoms with Gasteiger partial charge >= 0.3 is 6.18 Å². The average molecular weight is 379 g/mol. The number of nitrogens with zero attached hydrogens (tertiary/aromatic N) is 2. The summed E-state index contributed by atoms with van der Waals surface area (Å²) in [5.41, 5.74) is 1.85. The molecule has 136 valence electrons.